The van der Waals surface area contributed by atoms with Gasteiger partial charge >= 0.3 is 0 Å². The lowest BCUT2D eigenvalue weighted by Gasteiger charge is -2.25. The molecule has 1 aromatic carbocycles. The Kier molecular flexibility index (Phi) is 4.23. The van der Waals surface area contributed by atoms with Gasteiger partial charge < -0.3 is 11.1 Å². The third-order valence-corrected chi connectivity index (χ3v) is 2.68. The number of rotatable bonds is 5. The molecular weight excluding hydrogens is 219 g/mol. The van der Waals surface area contributed by atoms with Crippen molar-refractivity contribution in [3.8, 4) is 0 Å². The van der Waals surface area contributed by atoms with Gasteiger partial charge in [-0.25, -0.2) is 4.39 Å². The molecule has 0 atom stereocenters. The van der Waals surface area contributed by atoms with Gasteiger partial charge in [-0.15, -0.1) is 0 Å². The highest BCUT2D eigenvalue weighted by Gasteiger charge is 2.19. The number of hydrogen-bond acceptors (Lipinski definition) is 2. The van der Waals surface area contributed by atoms with Gasteiger partial charge in [-0.3, -0.25) is 4.79 Å². The molecule has 0 aliphatic rings. The number of hydrogen-bond donors (Lipinski definition) is 2. The summed E-state index contributed by atoms with van der Waals surface area (Å²) in [5, 5.41) is 3.24. The first kappa shape index (κ1) is 13.6. The molecule has 94 valence electrons. The highest BCUT2D eigenvalue weighted by atomic mass is 19.1. The lowest BCUT2D eigenvalue weighted by Crippen LogP contribution is -2.42. The van der Waals surface area contributed by atoms with Crippen LogP contribution in [0.1, 0.15) is 31.4 Å². The number of benzene rings is 1. The van der Waals surface area contributed by atoms with Gasteiger partial charge in [0.1, 0.15) is 5.82 Å². The molecule has 0 unspecified atom stereocenters. The van der Waals surface area contributed by atoms with Gasteiger partial charge in [0, 0.05) is 18.5 Å². The Morgan fingerprint density at radius 3 is 2.65 bits per heavy atom. The van der Waals surface area contributed by atoms with Crippen molar-refractivity contribution in [3.63, 3.8) is 0 Å². The molecule has 0 heterocycles. The molecule has 0 aromatic heterocycles. The van der Waals surface area contributed by atoms with E-state index in [-0.39, 0.29) is 23.7 Å². The van der Waals surface area contributed by atoms with Gasteiger partial charge in [0.25, 0.3) is 0 Å². The molecule has 3 N–H and O–H groups in total. The van der Waals surface area contributed by atoms with Crippen molar-refractivity contribution in [1.29, 1.82) is 0 Å². The van der Waals surface area contributed by atoms with Crippen LogP contribution in [0.15, 0.2) is 18.2 Å². The monoisotopic (exact) mass is 238 g/mol. The lowest BCUT2D eigenvalue weighted by molar-refractivity contribution is -0.119. The molecule has 1 rings (SSSR count). The highest BCUT2D eigenvalue weighted by Crippen LogP contribution is 2.13. The number of primary amides is 1. The molecule has 0 spiro atoms. The predicted octanol–water partition coefficient (Wildman–Crippen LogP) is 1.88. The van der Waals surface area contributed by atoms with Crippen LogP contribution in [0.25, 0.3) is 0 Å². The standard InChI is InChI=1S/C13H19FN2O/c1-9-6-11(14)5-4-10(9)8-16-13(2,3)7-12(15)17/h4-6,16H,7-8H2,1-3H3,(H2,15,17). The van der Waals surface area contributed by atoms with E-state index in [9.17, 15) is 9.18 Å². The van der Waals surface area contributed by atoms with Crippen LogP contribution in [0.5, 0.6) is 0 Å². The van der Waals surface area contributed by atoms with E-state index < -0.39 is 0 Å². The Labute approximate surface area is 101 Å². The minimum atomic E-state index is -0.355. The number of carbonyl (C=O) groups is 1. The van der Waals surface area contributed by atoms with Crippen LogP contribution >= 0.6 is 0 Å². The van der Waals surface area contributed by atoms with E-state index in [1.807, 2.05) is 20.8 Å². The van der Waals surface area contributed by atoms with Crippen molar-refractivity contribution in [2.24, 2.45) is 5.73 Å². The smallest absolute Gasteiger partial charge is 0.219 e. The number of halogens is 1. The molecule has 0 aliphatic heterocycles. The summed E-state index contributed by atoms with van der Waals surface area (Å²) >= 11 is 0. The predicted molar refractivity (Wildman–Crippen MR) is 65.9 cm³/mol. The zero-order valence-electron chi connectivity index (χ0n) is 10.5. The summed E-state index contributed by atoms with van der Waals surface area (Å²) in [6.07, 6.45) is 0.271. The molecule has 1 amide bonds. The van der Waals surface area contributed by atoms with E-state index in [0.29, 0.717) is 6.54 Å². The Morgan fingerprint density at radius 2 is 2.12 bits per heavy atom. The molecule has 0 radical (unpaired) electrons. The van der Waals surface area contributed by atoms with Crippen molar-refractivity contribution in [2.75, 3.05) is 0 Å². The zero-order valence-corrected chi connectivity index (χ0v) is 10.5. The van der Waals surface area contributed by atoms with Crippen LogP contribution in [-0.2, 0) is 11.3 Å². The van der Waals surface area contributed by atoms with Crippen molar-refractivity contribution < 1.29 is 9.18 Å². The first-order chi connectivity index (χ1) is 7.80. The normalized spacial score (nSPS) is 11.5. The van der Waals surface area contributed by atoms with E-state index >= 15 is 0 Å². The fourth-order valence-corrected chi connectivity index (χ4v) is 1.69. The van der Waals surface area contributed by atoms with Crippen LogP contribution in [0.4, 0.5) is 4.39 Å². The Hall–Kier alpha value is -1.42. The summed E-state index contributed by atoms with van der Waals surface area (Å²) in [7, 11) is 0. The SMILES string of the molecule is Cc1cc(F)ccc1CNC(C)(C)CC(N)=O. The molecule has 17 heavy (non-hydrogen) atoms. The van der Waals surface area contributed by atoms with Crippen LogP contribution < -0.4 is 11.1 Å². The Balaban J connectivity index is 2.64. The Bertz CT molecular complexity index is 416. The van der Waals surface area contributed by atoms with Gasteiger partial charge in [-0.2, -0.15) is 0 Å². The van der Waals surface area contributed by atoms with Gasteiger partial charge in [-0.1, -0.05) is 6.07 Å². The molecular formula is C13H19FN2O. The first-order valence-electron chi connectivity index (χ1n) is 5.58. The maximum absolute atomic E-state index is 12.9. The van der Waals surface area contributed by atoms with E-state index in [0.717, 1.165) is 11.1 Å². The summed E-state index contributed by atoms with van der Waals surface area (Å²) in [4.78, 5) is 10.9. The van der Waals surface area contributed by atoms with Gasteiger partial charge in [0.2, 0.25) is 5.91 Å². The summed E-state index contributed by atoms with van der Waals surface area (Å²) in [6, 6.07) is 4.68. The molecule has 0 saturated heterocycles. The van der Waals surface area contributed by atoms with Gasteiger partial charge in [0.15, 0.2) is 0 Å². The summed E-state index contributed by atoms with van der Waals surface area (Å²) in [5.41, 5.74) is 6.73. The number of nitrogens with two attached hydrogens (primary N) is 1. The fraction of sp³-hybridized carbons (Fsp3) is 0.462. The van der Waals surface area contributed by atoms with Crippen LogP contribution in [0.2, 0.25) is 0 Å². The van der Waals surface area contributed by atoms with Gasteiger partial charge in [0.05, 0.1) is 0 Å². The van der Waals surface area contributed by atoms with Crippen molar-refractivity contribution in [1.82, 2.24) is 5.32 Å². The van der Waals surface area contributed by atoms with Crippen molar-refractivity contribution in [3.05, 3.63) is 35.1 Å². The number of carbonyl (C=O) groups excluding carboxylic acids is 1. The maximum atomic E-state index is 12.9. The molecule has 0 fully saturated rings. The minimum Gasteiger partial charge on any atom is -0.370 e. The third-order valence-electron chi connectivity index (χ3n) is 2.68. The summed E-state index contributed by atoms with van der Waals surface area (Å²) in [6.45, 7) is 6.28. The summed E-state index contributed by atoms with van der Waals surface area (Å²) < 4.78 is 12.9. The zero-order chi connectivity index (χ0) is 13.1. The second-order valence-corrected chi connectivity index (χ2v) is 4.95. The second-order valence-electron chi connectivity index (χ2n) is 4.95. The largest absolute Gasteiger partial charge is 0.370 e. The maximum Gasteiger partial charge on any atom is 0.219 e. The third kappa shape index (κ3) is 4.53. The number of aryl methyl sites for hydroxylation is 1. The molecule has 0 aliphatic carbocycles. The topological polar surface area (TPSA) is 55.1 Å². The quantitative estimate of drug-likeness (QED) is 0.823. The average molecular weight is 238 g/mol. The van der Waals surface area contributed by atoms with E-state index in [4.69, 9.17) is 5.73 Å². The highest BCUT2D eigenvalue weighted by molar-refractivity contribution is 5.74. The number of amides is 1. The molecule has 3 nitrogen and oxygen atoms in total. The molecule has 1 aromatic rings. The Morgan fingerprint density at radius 1 is 1.47 bits per heavy atom. The fourth-order valence-electron chi connectivity index (χ4n) is 1.69. The molecule has 0 bridgehead atoms. The minimum absolute atomic E-state index is 0.234. The van der Waals surface area contributed by atoms with E-state index in [1.165, 1.54) is 12.1 Å². The first-order valence-corrected chi connectivity index (χ1v) is 5.58. The van der Waals surface area contributed by atoms with Crippen molar-refractivity contribution >= 4 is 5.91 Å². The van der Waals surface area contributed by atoms with Crippen LogP contribution in [-0.4, -0.2) is 11.4 Å². The van der Waals surface area contributed by atoms with Crippen LogP contribution in [0, 0.1) is 12.7 Å². The second kappa shape index (κ2) is 5.27. The lowest BCUT2D eigenvalue weighted by atomic mass is 9.99. The van der Waals surface area contributed by atoms with Gasteiger partial charge in [-0.05, 0) is 44.0 Å². The van der Waals surface area contributed by atoms with E-state index in [1.54, 1.807) is 6.07 Å². The molecule has 4 heteroatoms. The molecule has 0 saturated carbocycles. The van der Waals surface area contributed by atoms with Crippen molar-refractivity contribution in [2.45, 2.75) is 39.3 Å². The number of nitrogens with one attached hydrogen (secondary N) is 1. The average Bonchev–Trinajstić information content (AvgIpc) is 2.14. The van der Waals surface area contributed by atoms with Crippen LogP contribution in [0.3, 0.4) is 0 Å². The van der Waals surface area contributed by atoms with E-state index in [2.05, 4.69) is 5.32 Å². The summed E-state index contributed by atoms with van der Waals surface area (Å²) in [5.74, 6) is -0.569.